The van der Waals surface area contributed by atoms with Gasteiger partial charge in [0.1, 0.15) is 5.75 Å². The van der Waals surface area contributed by atoms with E-state index in [-0.39, 0.29) is 30.1 Å². The predicted molar refractivity (Wildman–Crippen MR) is 96.1 cm³/mol. The first-order valence-electron chi connectivity index (χ1n) is 9.25. The molecular weight excluding hydrogens is 334 g/mol. The molecule has 1 saturated carbocycles. The minimum absolute atomic E-state index is 0.0681. The van der Waals surface area contributed by atoms with Crippen LogP contribution >= 0.6 is 0 Å². The maximum atomic E-state index is 12.6. The lowest BCUT2D eigenvalue weighted by Gasteiger charge is -2.32. The van der Waals surface area contributed by atoms with Crippen LogP contribution in [0.15, 0.2) is 24.3 Å². The largest absolute Gasteiger partial charge is 0.497 e. The van der Waals surface area contributed by atoms with E-state index in [1.165, 1.54) is 12.8 Å². The first kappa shape index (κ1) is 17.1. The molecule has 2 N–H and O–H groups in total. The van der Waals surface area contributed by atoms with Gasteiger partial charge in [-0.1, -0.05) is 6.07 Å². The third-order valence-electron chi connectivity index (χ3n) is 5.36. The quantitative estimate of drug-likeness (QED) is 0.841. The Morgan fingerprint density at radius 2 is 2.15 bits per heavy atom. The molecule has 2 aliphatic heterocycles. The van der Waals surface area contributed by atoms with Crippen LogP contribution in [-0.4, -0.2) is 55.8 Å². The molecule has 1 aliphatic carbocycles. The van der Waals surface area contributed by atoms with Gasteiger partial charge in [-0.3, -0.25) is 4.79 Å². The minimum Gasteiger partial charge on any atom is -0.497 e. The zero-order valence-corrected chi connectivity index (χ0v) is 14.9. The van der Waals surface area contributed by atoms with E-state index in [1.54, 1.807) is 18.1 Å². The van der Waals surface area contributed by atoms with Crippen LogP contribution in [0, 0.1) is 11.8 Å². The molecule has 4 rings (SSSR count). The van der Waals surface area contributed by atoms with Crippen molar-refractivity contribution in [1.29, 1.82) is 0 Å². The molecule has 2 saturated heterocycles. The summed E-state index contributed by atoms with van der Waals surface area (Å²) in [7, 11) is 1.59. The van der Waals surface area contributed by atoms with Gasteiger partial charge in [0.25, 0.3) is 0 Å². The smallest absolute Gasteiger partial charge is 0.322 e. The van der Waals surface area contributed by atoms with Gasteiger partial charge in [-0.2, -0.15) is 0 Å². The van der Waals surface area contributed by atoms with Crippen LogP contribution in [0.3, 0.4) is 0 Å². The number of hydrogen-bond donors (Lipinski definition) is 2. The van der Waals surface area contributed by atoms with Gasteiger partial charge >= 0.3 is 6.03 Å². The van der Waals surface area contributed by atoms with Gasteiger partial charge in [0.05, 0.1) is 25.2 Å². The van der Waals surface area contributed by atoms with Crippen molar-refractivity contribution >= 4 is 17.6 Å². The Balaban J connectivity index is 1.34. The van der Waals surface area contributed by atoms with E-state index in [0.717, 1.165) is 6.54 Å². The van der Waals surface area contributed by atoms with Crippen molar-refractivity contribution in [3.63, 3.8) is 0 Å². The number of fused-ring (bicyclic) bond motifs is 2. The van der Waals surface area contributed by atoms with Crippen LogP contribution < -0.4 is 15.4 Å². The fourth-order valence-electron chi connectivity index (χ4n) is 3.70. The molecule has 0 aromatic heterocycles. The summed E-state index contributed by atoms with van der Waals surface area (Å²) < 4.78 is 11.1. The van der Waals surface area contributed by atoms with Gasteiger partial charge < -0.3 is 25.0 Å². The molecule has 2 heterocycles. The fourth-order valence-corrected chi connectivity index (χ4v) is 3.70. The number of nitrogens with zero attached hydrogens (tertiary/aromatic N) is 1. The average molecular weight is 359 g/mol. The molecule has 1 aromatic rings. The third kappa shape index (κ3) is 3.77. The number of carbonyl (C=O) groups excluding carboxylic acids is 2. The Morgan fingerprint density at radius 1 is 1.31 bits per heavy atom. The lowest BCUT2D eigenvalue weighted by atomic mass is 9.99. The Hall–Kier alpha value is -2.28. The molecular formula is C19H25N3O4. The Kier molecular flexibility index (Phi) is 4.72. The summed E-state index contributed by atoms with van der Waals surface area (Å²) in [6.07, 6.45) is 2.83. The number of amides is 3. The van der Waals surface area contributed by atoms with Crippen molar-refractivity contribution in [2.75, 3.05) is 32.1 Å². The van der Waals surface area contributed by atoms with Crippen LogP contribution in [0.5, 0.6) is 5.75 Å². The second-order valence-electron chi connectivity index (χ2n) is 7.39. The van der Waals surface area contributed by atoms with E-state index in [9.17, 15) is 9.59 Å². The van der Waals surface area contributed by atoms with E-state index in [4.69, 9.17) is 9.47 Å². The molecule has 3 fully saturated rings. The minimum atomic E-state index is -0.219. The van der Waals surface area contributed by atoms with Crippen molar-refractivity contribution < 1.29 is 19.1 Å². The van der Waals surface area contributed by atoms with Gasteiger partial charge in [-0.05, 0) is 37.3 Å². The monoisotopic (exact) mass is 359 g/mol. The molecule has 7 heteroatoms. The van der Waals surface area contributed by atoms with E-state index in [2.05, 4.69) is 10.6 Å². The van der Waals surface area contributed by atoms with Gasteiger partial charge in [-0.15, -0.1) is 0 Å². The molecule has 0 spiro atoms. The molecule has 3 atom stereocenters. The summed E-state index contributed by atoms with van der Waals surface area (Å²) >= 11 is 0. The molecule has 140 valence electrons. The van der Waals surface area contributed by atoms with E-state index in [1.807, 2.05) is 18.2 Å². The summed E-state index contributed by atoms with van der Waals surface area (Å²) in [5.41, 5.74) is 0.687. The summed E-state index contributed by atoms with van der Waals surface area (Å²) in [5, 5.41) is 5.94. The summed E-state index contributed by atoms with van der Waals surface area (Å²) in [4.78, 5) is 26.8. The highest BCUT2D eigenvalue weighted by Gasteiger charge is 2.45. The van der Waals surface area contributed by atoms with Crippen LogP contribution in [0.25, 0.3) is 0 Å². The molecule has 1 aromatic carbocycles. The number of ether oxygens (including phenoxy) is 2. The summed E-state index contributed by atoms with van der Waals surface area (Å²) in [5.74, 6) is 1.26. The summed E-state index contributed by atoms with van der Waals surface area (Å²) in [6.45, 7) is 1.72. The van der Waals surface area contributed by atoms with E-state index < -0.39 is 0 Å². The van der Waals surface area contributed by atoms with Crippen molar-refractivity contribution in [3.05, 3.63) is 24.3 Å². The summed E-state index contributed by atoms with van der Waals surface area (Å²) in [6, 6.07) is 7.09. The van der Waals surface area contributed by atoms with E-state index >= 15 is 0 Å². The van der Waals surface area contributed by atoms with Crippen molar-refractivity contribution in [2.24, 2.45) is 11.8 Å². The second kappa shape index (κ2) is 7.15. The molecule has 0 unspecified atom stereocenters. The predicted octanol–water partition coefficient (Wildman–Crippen LogP) is 1.84. The van der Waals surface area contributed by atoms with Crippen molar-refractivity contribution in [2.45, 2.75) is 31.5 Å². The van der Waals surface area contributed by atoms with Crippen molar-refractivity contribution in [1.82, 2.24) is 10.2 Å². The zero-order valence-electron chi connectivity index (χ0n) is 14.9. The number of rotatable bonds is 5. The average Bonchev–Trinajstić information content (AvgIpc) is 3.43. The van der Waals surface area contributed by atoms with Crippen LogP contribution in [0.1, 0.15) is 19.3 Å². The Labute approximate surface area is 153 Å². The Bertz CT molecular complexity index is 691. The molecule has 26 heavy (non-hydrogen) atoms. The highest BCUT2D eigenvalue weighted by atomic mass is 16.5. The highest BCUT2D eigenvalue weighted by molar-refractivity contribution is 5.90. The fraction of sp³-hybridized carbons (Fsp3) is 0.579. The highest BCUT2D eigenvalue weighted by Crippen LogP contribution is 2.33. The number of nitrogens with one attached hydrogen (secondary N) is 2. The molecule has 7 nitrogen and oxygen atoms in total. The number of anilines is 1. The topological polar surface area (TPSA) is 79.9 Å². The number of urea groups is 1. The zero-order chi connectivity index (χ0) is 18.1. The lowest BCUT2D eigenvalue weighted by molar-refractivity contribution is -0.127. The number of likely N-dealkylation sites (tertiary alicyclic amines) is 1. The van der Waals surface area contributed by atoms with Crippen molar-refractivity contribution in [3.8, 4) is 5.75 Å². The number of benzene rings is 1. The number of hydrogen-bond acceptors (Lipinski definition) is 4. The standard InChI is InChI=1S/C19H25N3O4/c1-25-14-4-2-3-13(7-14)21-19(24)22-10-15-8-16(17(11-22)26-15)18(23)20-9-12-5-6-12/h2-4,7,12,15-17H,5-6,8-11H2,1H3,(H,20,23)(H,21,24)/t15-,16+,17-/m0/s1. The first-order valence-corrected chi connectivity index (χ1v) is 9.25. The van der Waals surface area contributed by atoms with Gasteiger partial charge in [-0.25, -0.2) is 4.79 Å². The lowest BCUT2D eigenvalue weighted by Crippen LogP contribution is -2.49. The first-order chi connectivity index (χ1) is 12.6. The SMILES string of the molecule is COc1cccc(NC(=O)N2C[C@@H]3C[C@@H](C(=O)NCC4CC4)[C@H](C2)O3)c1. The Morgan fingerprint density at radius 3 is 2.92 bits per heavy atom. The van der Waals surface area contributed by atoms with Crippen LogP contribution in [0.4, 0.5) is 10.5 Å². The number of methoxy groups -OCH3 is 1. The van der Waals surface area contributed by atoms with Gasteiger partial charge in [0, 0.05) is 31.4 Å². The van der Waals surface area contributed by atoms with Gasteiger partial charge in [0.2, 0.25) is 5.91 Å². The molecule has 3 amide bonds. The number of carbonyl (C=O) groups is 2. The van der Waals surface area contributed by atoms with Crippen LogP contribution in [0.2, 0.25) is 0 Å². The molecule has 0 radical (unpaired) electrons. The maximum absolute atomic E-state index is 12.6. The maximum Gasteiger partial charge on any atom is 0.322 e. The second-order valence-corrected chi connectivity index (χ2v) is 7.39. The van der Waals surface area contributed by atoms with E-state index in [0.29, 0.717) is 36.9 Å². The third-order valence-corrected chi connectivity index (χ3v) is 5.36. The molecule has 3 aliphatic rings. The number of morpholine rings is 1. The normalized spacial score (nSPS) is 27.1. The molecule has 2 bridgehead atoms. The van der Waals surface area contributed by atoms with Gasteiger partial charge in [0.15, 0.2) is 0 Å². The van der Waals surface area contributed by atoms with Crippen LogP contribution in [-0.2, 0) is 9.53 Å².